The van der Waals surface area contributed by atoms with E-state index in [4.69, 9.17) is 4.74 Å². The first-order valence-corrected chi connectivity index (χ1v) is 18.5. The van der Waals surface area contributed by atoms with Crippen molar-refractivity contribution in [3.63, 3.8) is 0 Å². The normalized spacial score (nSPS) is 24.6. The van der Waals surface area contributed by atoms with E-state index in [0.717, 1.165) is 19.3 Å². The van der Waals surface area contributed by atoms with Crippen LogP contribution >= 0.6 is 0 Å². The Morgan fingerprint density at radius 2 is 1.37 bits per heavy atom. The molecule has 0 spiro atoms. The van der Waals surface area contributed by atoms with Crippen LogP contribution in [0.5, 0.6) is 0 Å². The lowest BCUT2D eigenvalue weighted by Crippen LogP contribution is -2.24. The molecule has 246 valence electrons. The summed E-state index contributed by atoms with van der Waals surface area (Å²) in [6, 6.07) is 34.2. The summed E-state index contributed by atoms with van der Waals surface area (Å²) in [5.41, 5.74) is 13.1. The number of allylic oxidation sites excluding steroid dienone is 9. The second-order valence-corrected chi connectivity index (χ2v) is 14.6. The average Bonchev–Trinajstić information content (AvgIpc) is 3.86. The Balaban J connectivity index is 1.01. The Bertz CT molecular complexity index is 2620. The molecule has 0 amide bonds. The van der Waals surface area contributed by atoms with Crippen molar-refractivity contribution in [3.05, 3.63) is 175 Å². The fourth-order valence-corrected chi connectivity index (χ4v) is 9.57. The van der Waals surface area contributed by atoms with E-state index >= 15 is 0 Å². The van der Waals surface area contributed by atoms with E-state index in [1.54, 1.807) is 0 Å². The summed E-state index contributed by atoms with van der Waals surface area (Å²) in [5, 5.41) is 3.89. The molecule has 1 saturated heterocycles. The van der Waals surface area contributed by atoms with Gasteiger partial charge in [0.1, 0.15) is 6.10 Å². The van der Waals surface area contributed by atoms with Crippen LogP contribution in [-0.2, 0) is 11.2 Å². The molecule has 4 aromatic carbocycles. The summed E-state index contributed by atoms with van der Waals surface area (Å²) >= 11 is 0. The molecule has 0 bridgehead atoms. The molecule has 3 heteroatoms. The molecule has 1 fully saturated rings. The van der Waals surface area contributed by atoms with E-state index in [1.807, 2.05) is 0 Å². The van der Waals surface area contributed by atoms with Crippen molar-refractivity contribution < 1.29 is 4.74 Å². The highest BCUT2D eigenvalue weighted by molar-refractivity contribution is 6.11. The van der Waals surface area contributed by atoms with Crippen LogP contribution in [0.25, 0.3) is 61.2 Å². The minimum absolute atomic E-state index is 0.0139. The number of fused-ring (bicyclic) bond motifs is 9. The summed E-state index contributed by atoms with van der Waals surface area (Å²) in [6.07, 6.45) is 30.6. The van der Waals surface area contributed by atoms with Crippen molar-refractivity contribution >= 4 is 50.1 Å². The Kier molecular flexibility index (Phi) is 6.54. The molecular weight excluding hydrogens is 621 g/mol. The smallest absolute Gasteiger partial charge is 0.106 e. The van der Waals surface area contributed by atoms with Gasteiger partial charge in [0, 0.05) is 44.8 Å². The maximum Gasteiger partial charge on any atom is 0.106 e. The third-order valence-corrected chi connectivity index (χ3v) is 11.9. The fourth-order valence-electron chi connectivity index (χ4n) is 9.57. The Morgan fingerprint density at radius 3 is 2.29 bits per heavy atom. The lowest BCUT2D eigenvalue weighted by atomic mass is 9.82. The van der Waals surface area contributed by atoms with Gasteiger partial charge in [0.15, 0.2) is 0 Å². The number of para-hydroxylation sites is 1. The van der Waals surface area contributed by atoms with E-state index < -0.39 is 0 Å². The number of nitrogens with zero attached hydrogens (tertiary/aromatic N) is 2. The zero-order chi connectivity index (χ0) is 33.5. The van der Waals surface area contributed by atoms with Crippen LogP contribution in [0.15, 0.2) is 158 Å². The van der Waals surface area contributed by atoms with Gasteiger partial charge in [0.05, 0.1) is 28.9 Å². The highest BCUT2D eigenvalue weighted by atomic mass is 16.5. The summed E-state index contributed by atoms with van der Waals surface area (Å²) in [4.78, 5) is 0. The topological polar surface area (TPSA) is 19.1 Å². The molecule has 0 saturated carbocycles. The van der Waals surface area contributed by atoms with Gasteiger partial charge < -0.3 is 13.9 Å². The van der Waals surface area contributed by atoms with E-state index in [0.29, 0.717) is 17.9 Å². The standard InChI is InChI=1S/C48H38N2O/c1-2-12-31(13-3-1)32-14-10-15-35(28-32)49-42-20-7-4-16-36(42)40-29-33(24-26-44(40)49)34-25-27-45-41(30-34)37-17-5-8-21-43(37)50(45)46-22-11-19-39-38-18-6-9-23-47(38)51-48(39)46/h1-6,8-19,21-27,29-30,35,38-39,47-48H,7,20,28H2. The van der Waals surface area contributed by atoms with Crippen molar-refractivity contribution in [2.75, 3.05) is 0 Å². The van der Waals surface area contributed by atoms with E-state index in [-0.39, 0.29) is 12.2 Å². The maximum absolute atomic E-state index is 6.76. The van der Waals surface area contributed by atoms with Crippen LogP contribution in [-0.4, -0.2) is 21.3 Å². The SMILES string of the molecule is C1=CC2OC3C(n4c5ccccc5c5cc(-c6ccc7c(c6)c6c(n7C7C=CC=C(c8ccccc8)C7)CCC=C6)ccc54)=CC=CC3C2C=C1. The Labute approximate surface area is 298 Å². The number of hydrogen-bond donors (Lipinski definition) is 0. The molecule has 5 atom stereocenters. The first-order valence-electron chi connectivity index (χ1n) is 18.5. The lowest BCUT2D eigenvalue weighted by Gasteiger charge is -2.26. The molecule has 2 aromatic heterocycles. The van der Waals surface area contributed by atoms with Crippen molar-refractivity contribution in [1.29, 1.82) is 0 Å². The molecule has 51 heavy (non-hydrogen) atoms. The molecule has 11 rings (SSSR count). The number of hydrogen-bond acceptors (Lipinski definition) is 1. The van der Waals surface area contributed by atoms with Gasteiger partial charge in [-0.2, -0.15) is 0 Å². The van der Waals surface area contributed by atoms with Crippen LogP contribution in [0.2, 0.25) is 0 Å². The second kappa shape index (κ2) is 11.4. The van der Waals surface area contributed by atoms with Crippen molar-refractivity contribution in [2.45, 2.75) is 37.5 Å². The van der Waals surface area contributed by atoms with Gasteiger partial charge in [-0.3, -0.25) is 0 Å². The third kappa shape index (κ3) is 4.48. The van der Waals surface area contributed by atoms with Crippen LogP contribution in [0.4, 0.5) is 0 Å². The third-order valence-electron chi connectivity index (χ3n) is 11.9. The van der Waals surface area contributed by atoms with Crippen molar-refractivity contribution in [1.82, 2.24) is 9.13 Å². The molecule has 4 aliphatic carbocycles. The summed E-state index contributed by atoms with van der Waals surface area (Å²) in [5.74, 6) is 0.706. The maximum atomic E-state index is 6.76. The van der Waals surface area contributed by atoms with Gasteiger partial charge in [-0.15, -0.1) is 0 Å². The predicted molar refractivity (Wildman–Crippen MR) is 212 cm³/mol. The highest BCUT2D eigenvalue weighted by Gasteiger charge is 2.44. The Hall–Kier alpha value is -5.64. The molecule has 3 heterocycles. The number of aromatic nitrogens is 2. The predicted octanol–water partition coefficient (Wildman–Crippen LogP) is 11.5. The van der Waals surface area contributed by atoms with Crippen LogP contribution in [0.1, 0.15) is 35.7 Å². The molecule has 1 aliphatic heterocycles. The zero-order valence-electron chi connectivity index (χ0n) is 28.4. The van der Waals surface area contributed by atoms with E-state index in [2.05, 4.69) is 173 Å². The largest absolute Gasteiger partial charge is 0.363 e. The Morgan fingerprint density at radius 1 is 0.608 bits per heavy atom. The van der Waals surface area contributed by atoms with Crippen LogP contribution in [0, 0.1) is 11.8 Å². The van der Waals surface area contributed by atoms with E-state index in [1.165, 1.54) is 71.9 Å². The zero-order valence-corrected chi connectivity index (χ0v) is 28.4. The van der Waals surface area contributed by atoms with Gasteiger partial charge in [-0.1, -0.05) is 127 Å². The van der Waals surface area contributed by atoms with Crippen molar-refractivity contribution in [3.8, 4) is 11.1 Å². The van der Waals surface area contributed by atoms with Gasteiger partial charge in [0.2, 0.25) is 0 Å². The molecule has 0 N–H and O–H groups in total. The van der Waals surface area contributed by atoms with Gasteiger partial charge >= 0.3 is 0 Å². The minimum atomic E-state index is 0.0139. The fraction of sp³-hybridized carbons (Fsp3) is 0.167. The lowest BCUT2D eigenvalue weighted by molar-refractivity contribution is 0.0914. The van der Waals surface area contributed by atoms with E-state index in [9.17, 15) is 0 Å². The summed E-state index contributed by atoms with van der Waals surface area (Å²) in [7, 11) is 0. The molecule has 0 radical (unpaired) electrons. The van der Waals surface area contributed by atoms with Crippen LogP contribution < -0.4 is 0 Å². The quantitative estimate of drug-likeness (QED) is 0.184. The molecule has 5 unspecified atom stereocenters. The van der Waals surface area contributed by atoms with Crippen molar-refractivity contribution in [2.24, 2.45) is 11.8 Å². The summed E-state index contributed by atoms with van der Waals surface area (Å²) in [6.45, 7) is 0. The minimum Gasteiger partial charge on any atom is -0.363 e. The number of rotatable bonds is 4. The average molecular weight is 659 g/mol. The highest BCUT2D eigenvalue weighted by Crippen LogP contribution is 2.46. The number of ether oxygens (including phenoxy) is 1. The number of benzene rings is 4. The monoisotopic (exact) mass is 658 g/mol. The molecule has 5 aliphatic rings. The van der Waals surface area contributed by atoms with Crippen LogP contribution in [0.3, 0.4) is 0 Å². The molecule has 3 nitrogen and oxygen atoms in total. The molecule has 6 aromatic rings. The molecular formula is C48H38N2O. The summed E-state index contributed by atoms with van der Waals surface area (Å²) < 4.78 is 11.9. The second-order valence-electron chi connectivity index (χ2n) is 14.6. The van der Waals surface area contributed by atoms with Gasteiger partial charge in [0.25, 0.3) is 0 Å². The van der Waals surface area contributed by atoms with Gasteiger partial charge in [-0.05, 0) is 77.9 Å². The first-order chi connectivity index (χ1) is 25.3. The van der Waals surface area contributed by atoms with Gasteiger partial charge in [-0.25, -0.2) is 0 Å². The first kappa shape index (κ1) is 29.1.